The number of aliphatic hydroxyl groups is 1. The van der Waals surface area contributed by atoms with Crippen LogP contribution in [0.2, 0.25) is 0 Å². The Bertz CT molecular complexity index is 973. The molecule has 0 spiro atoms. The van der Waals surface area contributed by atoms with Gasteiger partial charge in [-0.05, 0) is 32.6 Å². The van der Waals surface area contributed by atoms with E-state index >= 15 is 0 Å². The zero-order valence-corrected chi connectivity index (χ0v) is 17.7. The fraction of sp³-hybridized carbons (Fsp3) is 0.650. The Balaban J connectivity index is 1.51. The number of carbonyl (C=O) groups excluding carboxylic acids is 1. The van der Waals surface area contributed by atoms with Gasteiger partial charge in [0.15, 0.2) is 5.82 Å². The third kappa shape index (κ3) is 3.79. The quantitative estimate of drug-likeness (QED) is 0.789. The fourth-order valence-electron chi connectivity index (χ4n) is 4.24. The Morgan fingerprint density at radius 3 is 2.58 bits per heavy atom. The number of ether oxygens (including phenoxy) is 1. The Kier molecular flexibility index (Phi) is 5.27. The number of carbonyl (C=O) groups is 1. The Labute approximate surface area is 177 Å². The lowest BCUT2D eigenvalue weighted by molar-refractivity contribution is -0.262. The highest BCUT2D eigenvalue weighted by atomic mass is 19.4. The summed E-state index contributed by atoms with van der Waals surface area (Å²) in [7, 11) is 0. The molecule has 2 aromatic heterocycles. The first kappa shape index (κ1) is 21.7. The fourth-order valence-corrected chi connectivity index (χ4v) is 4.24. The van der Waals surface area contributed by atoms with Crippen LogP contribution in [0.15, 0.2) is 12.3 Å². The molecule has 1 fully saturated rings. The van der Waals surface area contributed by atoms with Gasteiger partial charge in [-0.15, -0.1) is 5.10 Å². The molecule has 2 aliphatic heterocycles. The van der Waals surface area contributed by atoms with Crippen LogP contribution in [-0.2, 0) is 16.9 Å². The van der Waals surface area contributed by atoms with Crippen LogP contribution in [0.5, 0.6) is 5.88 Å². The summed E-state index contributed by atoms with van der Waals surface area (Å²) in [6, 6.07) is 1.31. The molecule has 2 aliphatic rings. The molecule has 0 radical (unpaired) electrons. The normalized spacial score (nSPS) is 21.4. The maximum atomic E-state index is 13.4. The second-order valence-electron chi connectivity index (χ2n) is 8.57. The van der Waals surface area contributed by atoms with Crippen LogP contribution in [-0.4, -0.2) is 61.1 Å². The first-order chi connectivity index (χ1) is 14.5. The van der Waals surface area contributed by atoms with Crippen LogP contribution in [0.25, 0.3) is 11.4 Å². The molecule has 0 unspecified atom stereocenters. The number of halogens is 3. The number of hydrogen-bond acceptors (Lipinski definition) is 5. The van der Waals surface area contributed by atoms with Gasteiger partial charge in [0.25, 0.3) is 0 Å². The molecular formula is C20H26F3N5O3. The van der Waals surface area contributed by atoms with Crippen molar-refractivity contribution in [1.82, 2.24) is 24.2 Å². The number of piperidine rings is 1. The van der Waals surface area contributed by atoms with E-state index in [-0.39, 0.29) is 11.9 Å². The van der Waals surface area contributed by atoms with Gasteiger partial charge in [-0.3, -0.25) is 9.48 Å². The summed E-state index contributed by atoms with van der Waals surface area (Å²) in [5.41, 5.74) is -2.01. The molecular weight excluding hydrogens is 415 g/mol. The van der Waals surface area contributed by atoms with Crippen molar-refractivity contribution in [1.29, 1.82) is 0 Å². The van der Waals surface area contributed by atoms with Gasteiger partial charge in [0.2, 0.25) is 17.4 Å². The predicted molar refractivity (Wildman–Crippen MR) is 104 cm³/mol. The molecule has 0 bridgehead atoms. The summed E-state index contributed by atoms with van der Waals surface area (Å²) in [6.07, 6.45) is -1.81. The lowest BCUT2D eigenvalue weighted by Crippen LogP contribution is -2.42. The third-order valence-electron chi connectivity index (χ3n) is 6.21. The van der Waals surface area contributed by atoms with E-state index in [4.69, 9.17) is 4.74 Å². The van der Waals surface area contributed by atoms with Crippen LogP contribution in [0.4, 0.5) is 13.2 Å². The summed E-state index contributed by atoms with van der Waals surface area (Å²) in [4.78, 5) is 17.2. The van der Waals surface area contributed by atoms with Crippen LogP contribution in [0.1, 0.15) is 45.5 Å². The van der Waals surface area contributed by atoms with Crippen LogP contribution < -0.4 is 4.74 Å². The molecule has 8 nitrogen and oxygen atoms in total. The predicted octanol–water partition coefficient (Wildman–Crippen LogP) is 2.73. The van der Waals surface area contributed by atoms with Crippen molar-refractivity contribution in [2.45, 2.75) is 58.0 Å². The molecule has 1 amide bonds. The second kappa shape index (κ2) is 7.54. The number of fused-ring (bicyclic) bond motifs is 3. The van der Waals surface area contributed by atoms with Crippen LogP contribution in [0.3, 0.4) is 0 Å². The number of alkyl halides is 3. The van der Waals surface area contributed by atoms with E-state index < -0.39 is 17.6 Å². The van der Waals surface area contributed by atoms with Gasteiger partial charge in [0.05, 0.1) is 36.8 Å². The van der Waals surface area contributed by atoms with E-state index in [9.17, 15) is 23.1 Å². The van der Waals surface area contributed by atoms with Crippen LogP contribution >= 0.6 is 0 Å². The molecule has 0 aliphatic carbocycles. The van der Waals surface area contributed by atoms with E-state index in [1.54, 1.807) is 24.6 Å². The molecule has 11 heteroatoms. The SMILES string of the molecule is CC(=O)N1CCC(COc2cc3n(n2)C[C@H](C)n2c-3cnc2[C@@](C)(O)C(F)(F)F)CC1. The third-order valence-corrected chi connectivity index (χ3v) is 6.21. The zero-order chi connectivity index (χ0) is 22.6. The monoisotopic (exact) mass is 441 g/mol. The smallest absolute Gasteiger partial charge is 0.424 e. The van der Waals surface area contributed by atoms with E-state index in [1.807, 2.05) is 4.90 Å². The van der Waals surface area contributed by atoms with Gasteiger partial charge < -0.3 is 19.3 Å². The lowest BCUT2D eigenvalue weighted by atomic mass is 9.98. The van der Waals surface area contributed by atoms with E-state index in [0.717, 1.165) is 12.8 Å². The zero-order valence-electron chi connectivity index (χ0n) is 17.7. The highest BCUT2D eigenvalue weighted by Gasteiger charge is 2.55. The highest BCUT2D eigenvalue weighted by molar-refractivity contribution is 5.73. The molecule has 0 aromatic carbocycles. The van der Waals surface area contributed by atoms with Crippen molar-refractivity contribution in [2.24, 2.45) is 5.92 Å². The first-order valence-electron chi connectivity index (χ1n) is 10.3. The van der Waals surface area contributed by atoms with E-state index in [1.165, 1.54) is 10.8 Å². The van der Waals surface area contributed by atoms with Crippen molar-refractivity contribution >= 4 is 5.91 Å². The summed E-state index contributed by atoms with van der Waals surface area (Å²) >= 11 is 0. The maximum absolute atomic E-state index is 13.4. The standard InChI is InChI=1S/C20H26F3N5O3/c1-12-10-27-15(16-9-24-18(28(12)16)19(3,30)20(21,22)23)8-17(25-27)31-11-14-4-6-26(7-5-14)13(2)29/h8-9,12,14,30H,4-7,10-11H2,1-3H3/t12-,19+/m0/s1. The summed E-state index contributed by atoms with van der Waals surface area (Å²) in [5, 5.41) is 14.6. The van der Waals surface area contributed by atoms with Gasteiger partial charge >= 0.3 is 6.18 Å². The molecule has 170 valence electrons. The number of aromatic nitrogens is 4. The molecule has 4 heterocycles. The van der Waals surface area contributed by atoms with Crippen molar-refractivity contribution in [3.05, 3.63) is 18.1 Å². The van der Waals surface area contributed by atoms with Crippen molar-refractivity contribution in [2.75, 3.05) is 19.7 Å². The average molecular weight is 441 g/mol. The summed E-state index contributed by atoms with van der Waals surface area (Å²) in [5.74, 6) is 0.354. The summed E-state index contributed by atoms with van der Waals surface area (Å²) < 4.78 is 49.1. The van der Waals surface area contributed by atoms with Crippen molar-refractivity contribution < 1.29 is 27.8 Å². The number of likely N-dealkylation sites (tertiary alicyclic amines) is 1. The highest BCUT2D eigenvalue weighted by Crippen LogP contribution is 2.42. The Morgan fingerprint density at radius 1 is 1.29 bits per heavy atom. The van der Waals surface area contributed by atoms with Gasteiger partial charge in [-0.1, -0.05) is 0 Å². The van der Waals surface area contributed by atoms with Crippen LogP contribution in [0, 0.1) is 5.92 Å². The molecule has 4 rings (SSSR count). The number of hydrogen-bond donors (Lipinski definition) is 1. The maximum Gasteiger partial charge on any atom is 0.424 e. The number of imidazole rings is 1. The van der Waals surface area contributed by atoms with Gasteiger partial charge in [0, 0.05) is 26.1 Å². The lowest BCUT2D eigenvalue weighted by Gasteiger charge is -2.31. The molecule has 1 N–H and O–H groups in total. The Hall–Kier alpha value is -2.56. The minimum absolute atomic E-state index is 0.0794. The van der Waals surface area contributed by atoms with Crippen molar-refractivity contribution in [3.63, 3.8) is 0 Å². The van der Waals surface area contributed by atoms with Gasteiger partial charge in [-0.2, -0.15) is 13.2 Å². The van der Waals surface area contributed by atoms with E-state index in [0.29, 0.717) is 56.4 Å². The number of nitrogens with zero attached hydrogens (tertiary/aromatic N) is 5. The van der Waals surface area contributed by atoms with Gasteiger partial charge in [-0.25, -0.2) is 4.98 Å². The second-order valence-corrected chi connectivity index (χ2v) is 8.57. The van der Waals surface area contributed by atoms with Gasteiger partial charge in [0.1, 0.15) is 0 Å². The average Bonchev–Trinajstić information content (AvgIpc) is 3.30. The topological polar surface area (TPSA) is 85.4 Å². The number of amides is 1. The minimum Gasteiger partial charge on any atom is -0.476 e. The first-order valence-corrected chi connectivity index (χ1v) is 10.3. The minimum atomic E-state index is -4.85. The molecule has 31 heavy (non-hydrogen) atoms. The van der Waals surface area contributed by atoms with E-state index in [2.05, 4.69) is 10.1 Å². The molecule has 2 aromatic rings. The molecule has 0 saturated carbocycles. The molecule has 1 saturated heterocycles. The molecule has 2 atom stereocenters. The largest absolute Gasteiger partial charge is 0.476 e. The number of rotatable bonds is 4. The van der Waals surface area contributed by atoms with Crippen molar-refractivity contribution in [3.8, 4) is 17.3 Å². The Morgan fingerprint density at radius 2 is 1.97 bits per heavy atom. The summed E-state index contributed by atoms with van der Waals surface area (Å²) in [6.45, 7) is 6.26.